The first-order valence-electron chi connectivity index (χ1n) is 10.7. The van der Waals surface area contributed by atoms with E-state index in [0.29, 0.717) is 0 Å². The number of hydrogen-bond acceptors (Lipinski definition) is 4. The van der Waals surface area contributed by atoms with Gasteiger partial charge in [0.2, 0.25) is 0 Å². The molecule has 0 fully saturated rings. The zero-order valence-corrected chi connectivity index (χ0v) is 20.6. The van der Waals surface area contributed by atoms with E-state index in [0.717, 1.165) is 38.5 Å². The molecule has 4 nitrogen and oxygen atoms in total. The summed E-state index contributed by atoms with van der Waals surface area (Å²) in [6.07, 6.45) is 18.8. The zero-order valence-electron chi connectivity index (χ0n) is 17.5. The van der Waals surface area contributed by atoms with E-state index in [2.05, 4.69) is 13.8 Å². The summed E-state index contributed by atoms with van der Waals surface area (Å²) in [6, 6.07) is 0. The predicted octanol–water partition coefficient (Wildman–Crippen LogP) is 6.39. The maximum absolute atomic E-state index is 11.6. The summed E-state index contributed by atoms with van der Waals surface area (Å²) in [7, 11) is -4.08. The van der Waals surface area contributed by atoms with Gasteiger partial charge < -0.3 is 13.9 Å². The van der Waals surface area contributed by atoms with Crippen molar-refractivity contribution in [3.63, 3.8) is 0 Å². The minimum atomic E-state index is -4.08. The standard InChI is InChI=1S/C20H43O4P.Ca/c1-3-5-7-9-11-13-15-17-19-23-25(21,22)24-20-18-16-14-12-10-8-6-4-2;/h3-20H2,1-2H3,(H,21,22);/q;+2/p-1. The van der Waals surface area contributed by atoms with Gasteiger partial charge in [0, 0.05) is 0 Å². The van der Waals surface area contributed by atoms with E-state index in [1.165, 1.54) is 64.2 Å². The van der Waals surface area contributed by atoms with Crippen LogP contribution < -0.4 is 4.89 Å². The Hall–Kier alpha value is 1.37. The molecule has 0 aliphatic rings. The second kappa shape index (κ2) is 22.7. The smallest absolute Gasteiger partial charge is 0.756 e. The zero-order chi connectivity index (χ0) is 18.6. The van der Waals surface area contributed by atoms with E-state index >= 15 is 0 Å². The molecular formula is C20H42CaO4P+. The molecule has 0 aromatic carbocycles. The average molecular weight is 418 g/mol. The molecule has 152 valence electrons. The molecule has 26 heavy (non-hydrogen) atoms. The number of phosphoric acid groups is 1. The first-order chi connectivity index (χ1) is 12.1. The Morgan fingerprint density at radius 3 is 1.15 bits per heavy atom. The van der Waals surface area contributed by atoms with E-state index < -0.39 is 7.82 Å². The third-order valence-corrected chi connectivity index (χ3v) is 5.49. The van der Waals surface area contributed by atoms with E-state index in [9.17, 15) is 9.46 Å². The summed E-state index contributed by atoms with van der Waals surface area (Å²) in [5.41, 5.74) is 0. The molecule has 0 bridgehead atoms. The average Bonchev–Trinajstić information content (AvgIpc) is 2.59. The SMILES string of the molecule is CCCCCCCCCCOP(=O)([O-])OCCCCCCCCCC.[Ca+2]. The summed E-state index contributed by atoms with van der Waals surface area (Å²) >= 11 is 0. The Balaban J connectivity index is 0. The van der Waals surface area contributed by atoms with Crippen LogP contribution in [0.3, 0.4) is 0 Å². The first-order valence-corrected chi connectivity index (χ1v) is 12.2. The Bertz CT molecular complexity index is 290. The van der Waals surface area contributed by atoms with E-state index in [-0.39, 0.29) is 51.0 Å². The molecule has 0 amide bonds. The summed E-state index contributed by atoms with van der Waals surface area (Å²) < 4.78 is 21.5. The van der Waals surface area contributed by atoms with Gasteiger partial charge in [-0.2, -0.15) is 0 Å². The van der Waals surface area contributed by atoms with Crippen LogP contribution in [0.15, 0.2) is 0 Å². The second-order valence-electron chi connectivity index (χ2n) is 7.06. The largest absolute Gasteiger partial charge is 2.00 e. The Labute approximate surface area is 192 Å². The van der Waals surface area contributed by atoms with Crippen LogP contribution in [-0.2, 0) is 13.6 Å². The molecule has 0 heterocycles. The minimum absolute atomic E-state index is 0. The fourth-order valence-corrected chi connectivity index (χ4v) is 3.64. The van der Waals surface area contributed by atoms with E-state index in [1.54, 1.807) is 0 Å². The van der Waals surface area contributed by atoms with Gasteiger partial charge in [-0.3, -0.25) is 4.57 Å². The van der Waals surface area contributed by atoms with Crippen LogP contribution in [0.25, 0.3) is 0 Å². The van der Waals surface area contributed by atoms with Crippen molar-refractivity contribution in [1.29, 1.82) is 0 Å². The topological polar surface area (TPSA) is 58.6 Å². The van der Waals surface area contributed by atoms with Gasteiger partial charge >= 0.3 is 37.7 Å². The van der Waals surface area contributed by atoms with Gasteiger partial charge in [-0.1, -0.05) is 104 Å². The van der Waals surface area contributed by atoms with Crippen LogP contribution in [0.5, 0.6) is 0 Å². The molecule has 0 radical (unpaired) electrons. The summed E-state index contributed by atoms with van der Waals surface area (Å²) in [6.45, 7) is 4.95. The number of rotatable bonds is 20. The van der Waals surface area contributed by atoms with Gasteiger partial charge in [-0.25, -0.2) is 0 Å². The number of unbranched alkanes of at least 4 members (excludes halogenated alkanes) is 14. The van der Waals surface area contributed by atoms with Crippen molar-refractivity contribution in [2.45, 2.75) is 117 Å². The molecule has 0 saturated heterocycles. The fraction of sp³-hybridized carbons (Fsp3) is 1.00. The molecule has 0 N–H and O–H groups in total. The quantitative estimate of drug-likeness (QED) is 0.131. The predicted molar refractivity (Wildman–Crippen MR) is 110 cm³/mol. The minimum Gasteiger partial charge on any atom is -0.756 e. The molecule has 0 aromatic heterocycles. The molecule has 0 aromatic rings. The van der Waals surface area contributed by atoms with Gasteiger partial charge in [0.05, 0.1) is 13.2 Å². The van der Waals surface area contributed by atoms with Crippen LogP contribution in [0.2, 0.25) is 0 Å². The Kier molecular flexibility index (Phi) is 25.8. The van der Waals surface area contributed by atoms with Crippen molar-refractivity contribution in [2.24, 2.45) is 0 Å². The maximum Gasteiger partial charge on any atom is 2.00 e. The molecule has 0 unspecified atom stereocenters. The van der Waals surface area contributed by atoms with Crippen LogP contribution in [-0.4, -0.2) is 51.0 Å². The second-order valence-corrected chi connectivity index (χ2v) is 8.47. The van der Waals surface area contributed by atoms with Gasteiger partial charge in [-0.15, -0.1) is 0 Å². The third-order valence-electron chi connectivity index (χ3n) is 4.49. The maximum atomic E-state index is 11.6. The number of phosphoric ester groups is 1. The summed E-state index contributed by atoms with van der Waals surface area (Å²) in [5.74, 6) is 0. The molecule has 6 heteroatoms. The van der Waals surface area contributed by atoms with E-state index in [4.69, 9.17) is 9.05 Å². The van der Waals surface area contributed by atoms with Crippen molar-refractivity contribution >= 4 is 45.6 Å². The fourth-order valence-electron chi connectivity index (χ4n) is 2.86. The molecule has 0 saturated carbocycles. The van der Waals surface area contributed by atoms with Gasteiger partial charge in [0.15, 0.2) is 0 Å². The van der Waals surface area contributed by atoms with Gasteiger partial charge in [-0.05, 0) is 12.8 Å². The van der Waals surface area contributed by atoms with Crippen LogP contribution >= 0.6 is 7.82 Å². The summed E-state index contributed by atoms with van der Waals surface area (Å²) in [4.78, 5) is 11.6. The molecule has 0 aliphatic heterocycles. The van der Waals surface area contributed by atoms with Crippen molar-refractivity contribution < 1.29 is 18.5 Å². The molecule has 0 aliphatic carbocycles. The van der Waals surface area contributed by atoms with Crippen LogP contribution in [0.4, 0.5) is 0 Å². The molecule has 0 spiro atoms. The van der Waals surface area contributed by atoms with Gasteiger partial charge in [0.1, 0.15) is 0 Å². The first kappa shape index (κ1) is 29.6. The number of hydrogen-bond donors (Lipinski definition) is 0. The van der Waals surface area contributed by atoms with Crippen LogP contribution in [0.1, 0.15) is 117 Å². The van der Waals surface area contributed by atoms with Crippen LogP contribution in [0, 0.1) is 0 Å². The molecule has 0 atom stereocenters. The Morgan fingerprint density at radius 1 is 0.577 bits per heavy atom. The van der Waals surface area contributed by atoms with E-state index in [1.807, 2.05) is 0 Å². The van der Waals surface area contributed by atoms with Crippen molar-refractivity contribution in [3.05, 3.63) is 0 Å². The van der Waals surface area contributed by atoms with Gasteiger partial charge in [0.25, 0.3) is 7.82 Å². The molecule has 0 rings (SSSR count). The van der Waals surface area contributed by atoms with Crippen molar-refractivity contribution in [3.8, 4) is 0 Å². The third kappa shape index (κ3) is 23.4. The summed E-state index contributed by atoms with van der Waals surface area (Å²) in [5, 5.41) is 0. The Morgan fingerprint density at radius 2 is 0.846 bits per heavy atom. The van der Waals surface area contributed by atoms with Crippen molar-refractivity contribution in [2.75, 3.05) is 13.2 Å². The monoisotopic (exact) mass is 417 g/mol. The molecular weight excluding hydrogens is 375 g/mol. The normalized spacial score (nSPS) is 11.5. The van der Waals surface area contributed by atoms with Crippen molar-refractivity contribution in [1.82, 2.24) is 0 Å².